The van der Waals surface area contributed by atoms with Crippen molar-refractivity contribution in [3.63, 3.8) is 0 Å². The Hall–Kier alpha value is -2.96. The first-order valence-corrected chi connectivity index (χ1v) is 9.03. The Labute approximate surface area is 156 Å². The Bertz CT molecular complexity index is 988. The quantitative estimate of drug-likeness (QED) is 0.650. The SMILES string of the molecule is Cc1cc(C)n(CC(=O)OCc2nn(-c3ccc(F)cc3)c3c2CCC3)n1. The zero-order chi connectivity index (χ0) is 19.0. The minimum Gasteiger partial charge on any atom is -0.458 e. The predicted octanol–water partition coefficient (Wildman–Crippen LogP) is 3.06. The number of rotatable bonds is 5. The van der Waals surface area contributed by atoms with Gasteiger partial charge in [0, 0.05) is 17.0 Å². The number of carbonyl (C=O) groups excluding carboxylic acids is 1. The predicted molar refractivity (Wildman–Crippen MR) is 97.0 cm³/mol. The molecule has 0 atom stereocenters. The van der Waals surface area contributed by atoms with Crippen LogP contribution in [0.15, 0.2) is 30.3 Å². The molecule has 27 heavy (non-hydrogen) atoms. The summed E-state index contributed by atoms with van der Waals surface area (Å²) in [7, 11) is 0. The number of ether oxygens (including phenoxy) is 1. The summed E-state index contributed by atoms with van der Waals surface area (Å²) in [6.45, 7) is 4.01. The van der Waals surface area contributed by atoms with Crippen molar-refractivity contribution >= 4 is 5.97 Å². The fraction of sp³-hybridized carbons (Fsp3) is 0.350. The molecule has 1 aromatic carbocycles. The molecule has 3 aromatic rings. The molecule has 2 heterocycles. The zero-order valence-electron chi connectivity index (χ0n) is 15.4. The molecular formula is C20H21FN4O2. The minimum atomic E-state index is -0.343. The van der Waals surface area contributed by atoms with Crippen LogP contribution in [-0.2, 0) is 35.5 Å². The molecule has 140 valence electrons. The summed E-state index contributed by atoms with van der Waals surface area (Å²) in [5.41, 5.74) is 5.63. The van der Waals surface area contributed by atoms with Crippen LogP contribution < -0.4 is 0 Å². The van der Waals surface area contributed by atoms with E-state index in [9.17, 15) is 9.18 Å². The van der Waals surface area contributed by atoms with Crippen LogP contribution in [0, 0.1) is 19.7 Å². The van der Waals surface area contributed by atoms with Crippen LogP contribution in [0.25, 0.3) is 5.69 Å². The number of aromatic nitrogens is 4. The Morgan fingerprint density at radius 1 is 1.19 bits per heavy atom. The molecule has 0 fully saturated rings. The number of hydrogen-bond donors (Lipinski definition) is 0. The molecule has 0 bridgehead atoms. The number of carbonyl (C=O) groups is 1. The van der Waals surface area contributed by atoms with Gasteiger partial charge in [0.1, 0.15) is 24.7 Å². The lowest BCUT2D eigenvalue weighted by molar-refractivity contribution is -0.146. The van der Waals surface area contributed by atoms with Gasteiger partial charge in [-0.1, -0.05) is 0 Å². The highest BCUT2D eigenvalue weighted by Crippen LogP contribution is 2.28. The van der Waals surface area contributed by atoms with Gasteiger partial charge in [-0.15, -0.1) is 0 Å². The largest absolute Gasteiger partial charge is 0.458 e. The van der Waals surface area contributed by atoms with Crippen LogP contribution in [0.5, 0.6) is 0 Å². The fourth-order valence-corrected chi connectivity index (χ4v) is 3.58. The molecule has 1 aliphatic rings. The molecule has 4 rings (SSSR count). The van der Waals surface area contributed by atoms with E-state index < -0.39 is 0 Å². The Balaban J connectivity index is 1.49. The van der Waals surface area contributed by atoms with Gasteiger partial charge in [-0.3, -0.25) is 9.48 Å². The van der Waals surface area contributed by atoms with Crippen molar-refractivity contribution in [1.82, 2.24) is 19.6 Å². The van der Waals surface area contributed by atoms with Crippen molar-refractivity contribution in [2.75, 3.05) is 0 Å². The van der Waals surface area contributed by atoms with Crippen molar-refractivity contribution in [3.8, 4) is 5.69 Å². The van der Waals surface area contributed by atoms with Gasteiger partial charge < -0.3 is 4.74 Å². The second-order valence-electron chi connectivity index (χ2n) is 6.86. The normalized spacial score (nSPS) is 13.0. The van der Waals surface area contributed by atoms with E-state index in [1.165, 1.54) is 12.1 Å². The molecule has 0 saturated heterocycles. The lowest BCUT2D eigenvalue weighted by Gasteiger charge is -2.06. The van der Waals surface area contributed by atoms with Crippen molar-refractivity contribution < 1.29 is 13.9 Å². The van der Waals surface area contributed by atoms with Crippen LogP contribution in [0.4, 0.5) is 4.39 Å². The van der Waals surface area contributed by atoms with Crippen LogP contribution in [0.3, 0.4) is 0 Å². The summed E-state index contributed by atoms with van der Waals surface area (Å²) in [6, 6.07) is 8.18. The van der Waals surface area contributed by atoms with Crippen molar-refractivity contribution in [2.45, 2.75) is 46.3 Å². The summed E-state index contributed by atoms with van der Waals surface area (Å²) < 4.78 is 22.1. The Morgan fingerprint density at radius 3 is 2.67 bits per heavy atom. The molecule has 0 unspecified atom stereocenters. The van der Waals surface area contributed by atoms with E-state index >= 15 is 0 Å². The van der Waals surface area contributed by atoms with E-state index in [1.807, 2.05) is 24.6 Å². The van der Waals surface area contributed by atoms with E-state index in [0.717, 1.165) is 53.3 Å². The van der Waals surface area contributed by atoms with Gasteiger partial charge in [-0.05, 0) is 63.4 Å². The smallest absolute Gasteiger partial charge is 0.328 e. The number of fused-ring (bicyclic) bond motifs is 1. The number of nitrogens with zero attached hydrogens (tertiary/aromatic N) is 4. The highest BCUT2D eigenvalue weighted by atomic mass is 19.1. The van der Waals surface area contributed by atoms with Gasteiger partial charge in [0.15, 0.2) is 0 Å². The summed E-state index contributed by atoms with van der Waals surface area (Å²) >= 11 is 0. The van der Waals surface area contributed by atoms with Gasteiger partial charge in [0.05, 0.1) is 11.4 Å². The average molecular weight is 368 g/mol. The summed E-state index contributed by atoms with van der Waals surface area (Å²) in [6.07, 6.45) is 2.88. The lowest BCUT2D eigenvalue weighted by Crippen LogP contribution is -2.16. The van der Waals surface area contributed by atoms with Crippen molar-refractivity contribution in [1.29, 1.82) is 0 Å². The number of aryl methyl sites for hydroxylation is 2. The summed E-state index contributed by atoms with van der Waals surface area (Å²) in [5.74, 6) is -0.620. The van der Waals surface area contributed by atoms with Crippen LogP contribution in [-0.4, -0.2) is 25.5 Å². The van der Waals surface area contributed by atoms with Crippen LogP contribution in [0.2, 0.25) is 0 Å². The van der Waals surface area contributed by atoms with Crippen LogP contribution in [0.1, 0.15) is 34.8 Å². The summed E-state index contributed by atoms with van der Waals surface area (Å²) in [5, 5.41) is 8.91. The average Bonchev–Trinajstić information content (AvgIpc) is 3.30. The Kier molecular flexibility index (Phi) is 4.51. The highest BCUT2D eigenvalue weighted by molar-refractivity contribution is 5.69. The molecule has 0 saturated carbocycles. The molecule has 0 N–H and O–H groups in total. The van der Waals surface area contributed by atoms with Crippen LogP contribution >= 0.6 is 0 Å². The number of halogens is 1. The molecule has 0 spiro atoms. The van der Waals surface area contributed by atoms with Crippen molar-refractivity contribution in [3.05, 3.63) is 64.5 Å². The van der Waals surface area contributed by atoms with Crippen molar-refractivity contribution in [2.24, 2.45) is 0 Å². The van der Waals surface area contributed by atoms with Gasteiger partial charge >= 0.3 is 5.97 Å². The molecule has 0 aliphatic heterocycles. The van der Waals surface area contributed by atoms with Gasteiger partial charge in [0.2, 0.25) is 0 Å². The van der Waals surface area contributed by atoms with Gasteiger partial charge in [-0.25, -0.2) is 9.07 Å². The number of hydrogen-bond acceptors (Lipinski definition) is 4. The third-order valence-corrected chi connectivity index (χ3v) is 4.84. The number of benzene rings is 1. The van der Waals surface area contributed by atoms with E-state index in [4.69, 9.17) is 4.74 Å². The van der Waals surface area contributed by atoms with E-state index in [0.29, 0.717) is 0 Å². The second-order valence-corrected chi connectivity index (χ2v) is 6.86. The molecule has 6 nitrogen and oxygen atoms in total. The third kappa shape index (κ3) is 3.49. The zero-order valence-corrected chi connectivity index (χ0v) is 15.4. The third-order valence-electron chi connectivity index (χ3n) is 4.84. The van der Waals surface area contributed by atoms with E-state index in [-0.39, 0.29) is 24.9 Å². The maximum atomic E-state index is 13.2. The highest BCUT2D eigenvalue weighted by Gasteiger charge is 2.24. The topological polar surface area (TPSA) is 61.9 Å². The first-order chi connectivity index (χ1) is 13.0. The maximum Gasteiger partial charge on any atom is 0.328 e. The second kappa shape index (κ2) is 6.98. The van der Waals surface area contributed by atoms with E-state index in [2.05, 4.69) is 10.2 Å². The van der Waals surface area contributed by atoms with Gasteiger partial charge in [-0.2, -0.15) is 10.2 Å². The monoisotopic (exact) mass is 368 g/mol. The lowest BCUT2D eigenvalue weighted by atomic mass is 10.2. The maximum absolute atomic E-state index is 13.2. The standard InChI is InChI=1S/C20H21FN4O2/c1-13-10-14(2)24(22-13)11-20(26)27-12-18-17-4-3-5-19(17)25(23-18)16-8-6-15(21)7-9-16/h6-10H,3-5,11-12H2,1-2H3. The molecule has 7 heteroatoms. The fourth-order valence-electron chi connectivity index (χ4n) is 3.58. The molecule has 0 amide bonds. The van der Waals surface area contributed by atoms with E-state index in [1.54, 1.807) is 16.8 Å². The van der Waals surface area contributed by atoms with Gasteiger partial charge in [0.25, 0.3) is 0 Å². The Morgan fingerprint density at radius 2 is 1.96 bits per heavy atom. The minimum absolute atomic E-state index is 0.0839. The molecular weight excluding hydrogens is 347 g/mol. The molecule has 0 radical (unpaired) electrons. The first-order valence-electron chi connectivity index (χ1n) is 9.03. The summed E-state index contributed by atoms with van der Waals surface area (Å²) in [4.78, 5) is 12.2. The molecule has 2 aromatic heterocycles. The first kappa shape index (κ1) is 17.5. The molecule has 1 aliphatic carbocycles. The number of esters is 1.